The average Bonchev–Trinajstić information content (AvgIpc) is 3.43. The van der Waals surface area contributed by atoms with Gasteiger partial charge in [0.1, 0.15) is 24.1 Å². The monoisotopic (exact) mass is 414 g/mol. The van der Waals surface area contributed by atoms with Crippen molar-refractivity contribution in [3.05, 3.63) is 76.5 Å². The normalized spacial score (nSPS) is 18.7. The van der Waals surface area contributed by atoms with Crippen molar-refractivity contribution in [2.24, 2.45) is 0 Å². The van der Waals surface area contributed by atoms with Gasteiger partial charge < -0.3 is 19.7 Å². The summed E-state index contributed by atoms with van der Waals surface area (Å²) in [5.74, 6) is 0.507. The number of pyridine rings is 1. The fourth-order valence-electron chi connectivity index (χ4n) is 4.37. The maximum absolute atomic E-state index is 12.7. The molecule has 1 aliphatic rings. The highest BCUT2D eigenvalue weighted by molar-refractivity contribution is 5.91. The van der Waals surface area contributed by atoms with Crippen molar-refractivity contribution in [2.45, 2.75) is 44.3 Å². The molecule has 5 rings (SSSR count). The Hall–Kier alpha value is -3.93. The first-order valence-corrected chi connectivity index (χ1v) is 10.4. The van der Waals surface area contributed by atoms with E-state index >= 15 is 0 Å². The molecule has 0 saturated heterocycles. The molecule has 4 aromatic rings. The number of aromatic nitrogens is 6. The minimum Gasteiger partial charge on any atom is -0.338 e. The first kappa shape index (κ1) is 19.1. The van der Waals surface area contributed by atoms with E-state index in [0.29, 0.717) is 17.7 Å². The highest BCUT2D eigenvalue weighted by Crippen LogP contribution is 2.34. The predicted octanol–water partition coefficient (Wildman–Crippen LogP) is 3.51. The summed E-state index contributed by atoms with van der Waals surface area (Å²) in [6.07, 6.45) is 8.88. The van der Waals surface area contributed by atoms with Gasteiger partial charge in [-0.3, -0.25) is 9.48 Å². The van der Waals surface area contributed by atoms with Gasteiger partial charge >= 0.3 is 0 Å². The Morgan fingerprint density at radius 2 is 2.03 bits per heavy atom. The van der Waals surface area contributed by atoms with Crippen molar-refractivity contribution >= 4 is 22.4 Å². The summed E-state index contributed by atoms with van der Waals surface area (Å²) in [4.78, 5) is 19.3. The Bertz CT molecular complexity index is 1300. The van der Waals surface area contributed by atoms with E-state index in [1.165, 1.54) is 0 Å². The van der Waals surface area contributed by atoms with Crippen molar-refractivity contribution in [3.8, 4) is 0 Å². The fourth-order valence-corrected chi connectivity index (χ4v) is 4.37. The third-order valence-corrected chi connectivity index (χ3v) is 5.83. The third-order valence-electron chi connectivity index (χ3n) is 5.83. The molecule has 2 atom stereocenters. The van der Waals surface area contributed by atoms with Crippen LogP contribution in [-0.2, 0) is 6.54 Å². The number of aromatic amines is 1. The van der Waals surface area contributed by atoms with Gasteiger partial charge in [-0.1, -0.05) is 18.6 Å². The fraction of sp³-hybridized carbons (Fsp3) is 0.318. The molecule has 0 bridgehead atoms. The Morgan fingerprint density at radius 3 is 2.87 bits per heavy atom. The van der Waals surface area contributed by atoms with Gasteiger partial charge in [0.15, 0.2) is 5.82 Å². The molecular formula is C22H22N8O. The molecular weight excluding hydrogens is 392 g/mol. The van der Waals surface area contributed by atoms with E-state index in [4.69, 9.17) is 11.7 Å². The van der Waals surface area contributed by atoms with Crippen LogP contribution in [0.25, 0.3) is 15.7 Å². The molecule has 31 heavy (non-hydrogen) atoms. The Kier molecular flexibility index (Phi) is 4.96. The highest BCUT2D eigenvalue weighted by atomic mass is 16.1. The summed E-state index contributed by atoms with van der Waals surface area (Å²) in [7, 11) is 0. The lowest BCUT2D eigenvalue weighted by Crippen LogP contribution is -2.26. The molecule has 2 N–H and O–H groups in total. The smallest absolute Gasteiger partial charge is 0.261 e. The number of H-pyrrole nitrogens is 1. The van der Waals surface area contributed by atoms with Crippen molar-refractivity contribution in [1.29, 1.82) is 0 Å². The molecule has 0 spiro atoms. The zero-order chi connectivity index (χ0) is 21.2. The summed E-state index contributed by atoms with van der Waals surface area (Å²) in [6.45, 7) is 8.25. The van der Waals surface area contributed by atoms with Crippen molar-refractivity contribution in [2.75, 3.05) is 5.32 Å². The number of rotatable bonds is 5. The number of nitrogens with zero attached hydrogens (tertiary/aromatic N) is 6. The molecule has 0 aliphatic heterocycles. The van der Waals surface area contributed by atoms with E-state index in [-0.39, 0.29) is 17.6 Å². The van der Waals surface area contributed by atoms with Crippen LogP contribution in [0.5, 0.6) is 0 Å². The van der Waals surface area contributed by atoms with Crippen LogP contribution < -0.4 is 10.9 Å². The van der Waals surface area contributed by atoms with E-state index in [2.05, 4.69) is 25.3 Å². The zero-order valence-corrected chi connectivity index (χ0v) is 16.9. The predicted molar refractivity (Wildman–Crippen MR) is 117 cm³/mol. The minimum absolute atomic E-state index is 0.0221. The van der Waals surface area contributed by atoms with Gasteiger partial charge in [0.2, 0.25) is 6.04 Å². The molecule has 3 aromatic heterocycles. The topological polar surface area (TPSA) is 97.8 Å². The summed E-state index contributed by atoms with van der Waals surface area (Å²) < 4.78 is 3.78. The number of hydrogen-bond acceptors (Lipinski definition) is 5. The van der Waals surface area contributed by atoms with Crippen LogP contribution in [0.2, 0.25) is 0 Å². The van der Waals surface area contributed by atoms with Crippen LogP contribution in [-0.4, -0.2) is 35.6 Å². The van der Waals surface area contributed by atoms with E-state index < -0.39 is 0 Å². The highest BCUT2D eigenvalue weighted by Gasteiger charge is 2.33. The first-order chi connectivity index (χ1) is 15.2. The Morgan fingerprint density at radius 1 is 1.19 bits per heavy atom. The largest absolute Gasteiger partial charge is 0.338 e. The molecule has 0 unspecified atom stereocenters. The molecule has 1 aromatic carbocycles. The van der Waals surface area contributed by atoms with Crippen LogP contribution in [0, 0.1) is 6.57 Å². The van der Waals surface area contributed by atoms with Crippen molar-refractivity contribution < 1.29 is 0 Å². The van der Waals surface area contributed by atoms with Crippen molar-refractivity contribution in [1.82, 2.24) is 29.5 Å². The second-order valence-corrected chi connectivity index (χ2v) is 7.87. The number of nitrogens with one attached hydrogen (secondary N) is 2. The summed E-state index contributed by atoms with van der Waals surface area (Å²) in [6, 6.07) is 9.68. The van der Waals surface area contributed by atoms with Gasteiger partial charge in [-0.2, -0.15) is 5.10 Å². The third kappa shape index (κ3) is 3.68. The molecule has 156 valence electrons. The molecule has 1 saturated carbocycles. The molecule has 0 amide bonds. The lowest BCUT2D eigenvalue weighted by atomic mass is 9.91. The Balaban J connectivity index is 1.52. The van der Waals surface area contributed by atoms with E-state index in [1.807, 2.05) is 39.6 Å². The number of fused-ring (bicyclic) bond motifs is 1. The van der Waals surface area contributed by atoms with Crippen LogP contribution in [0.15, 0.2) is 54.0 Å². The average molecular weight is 414 g/mol. The quantitative estimate of drug-likeness (QED) is 0.487. The molecule has 1 fully saturated rings. The summed E-state index contributed by atoms with van der Waals surface area (Å²) in [5, 5.41) is 16.3. The molecule has 3 heterocycles. The van der Waals surface area contributed by atoms with Crippen LogP contribution in [0.4, 0.5) is 11.5 Å². The molecule has 9 nitrogen and oxygen atoms in total. The second kappa shape index (κ2) is 8.07. The van der Waals surface area contributed by atoms with E-state index in [9.17, 15) is 4.79 Å². The Labute approximate surface area is 178 Å². The number of anilines is 2. The van der Waals surface area contributed by atoms with Crippen LogP contribution in [0.1, 0.15) is 37.3 Å². The molecule has 9 heteroatoms. The van der Waals surface area contributed by atoms with Crippen molar-refractivity contribution in [3.63, 3.8) is 0 Å². The molecule has 1 aliphatic carbocycles. The lowest BCUT2D eigenvalue weighted by molar-refractivity contribution is 0.321. The van der Waals surface area contributed by atoms with Gasteiger partial charge in [-0.25, -0.2) is 6.57 Å². The zero-order valence-electron chi connectivity index (χ0n) is 16.9. The van der Waals surface area contributed by atoms with E-state index in [0.717, 1.165) is 42.5 Å². The lowest BCUT2D eigenvalue weighted by Gasteiger charge is -2.24. The minimum atomic E-state index is -0.193. The first-order valence-electron chi connectivity index (χ1n) is 10.4. The van der Waals surface area contributed by atoms with Crippen LogP contribution >= 0.6 is 0 Å². The maximum atomic E-state index is 12.7. The van der Waals surface area contributed by atoms with Gasteiger partial charge in [-0.05, 0) is 36.6 Å². The van der Waals surface area contributed by atoms with Gasteiger partial charge in [0.25, 0.3) is 5.56 Å². The maximum Gasteiger partial charge on any atom is 0.261 e. The van der Waals surface area contributed by atoms with Gasteiger partial charge in [0.05, 0.1) is 12.1 Å². The standard InChI is InChI=1S/C22H22N8O/c1-23-17-7-2-3-8-18(17)30-19-9-10-24-22(31)20(19)21(28-30)27-16-6-4-5-15(11-16)12-29-13-25-26-14-29/h4-6,9-11,13-14,17-18H,2-3,7-8,12H2,(H,24,31)(H,27,28)/t17-,18-/m0/s1. The molecule has 0 radical (unpaired) electrons. The summed E-state index contributed by atoms with van der Waals surface area (Å²) in [5.41, 5.74) is 2.48. The SMILES string of the molecule is [C-]#[N+][C@H]1CCCC[C@@H]1n1nc(Nc2cccc(Cn3cnnc3)c2)c2c(=O)[nH]ccc21. The number of hydrogen-bond donors (Lipinski definition) is 2. The number of benzene rings is 1. The van der Waals surface area contributed by atoms with Gasteiger partial charge in [0, 0.05) is 18.3 Å². The second-order valence-electron chi connectivity index (χ2n) is 7.87. The van der Waals surface area contributed by atoms with Crippen LogP contribution in [0.3, 0.4) is 0 Å². The van der Waals surface area contributed by atoms with E-state index in [1.54, 1.807) is 18.9 Å². The summed E-state index contributed by atoms with van der Waals surface area (Å²) >= 11 is 0. The van der Waals surface area contributed by atoms with Gasteiger partial charge in [-0.15, -0.1) is 10.2 Å².